The normalized spacial score (nSPS) is 24.9. The Morgan fingerprint density at radius 1 is 1.43 bits per heavy atom. The van der Waals surface area contributed by atoms with Crippen LogP contribution in [0.15, 0.2) is 11.7 Å². The van der Waals surface area contributed by atoms with Crippen molar-refractivity contribution >= 4 is 17.2 Å². The van der Waals surface area contributed by atoms with Gasteiger partial charge in [0.1, 0.15) is 0 Å². The van der Waals surface area contributed by atoms with Crippen LogP contribution in [0.25, 0.3) is 0 Å². The van der Waals surface area contributed by atoms with Crippen LogP contribution in [-0.4, -0.2) is 48.1 Å². The minimum absolute atomic E-state index is 0.134. The molecule has 0 aromatic carbocycles. The molecule has 1 amide bonds. The highest BCUT2D eigenvalue weighted by Gasteiger charge is 2.27. The highest BCUT2D eigenvalue weighted by Crippen LogP contribution is 2.20. The lowest BCUT2D eigenvalue weighted by molar-refractivity contribution is -0.128. The number of rotatable bonds is 4. The van der Waals surface area contributed by atoms with Gasteiger partial charge in [-0.15, -0.1) is 11.3 Å². The molecule has 1 unspecified atom stereocenters. The molecule has 3 rings (SSSR count). The first kappa shape index (κ1) is 14.9. The number of carbonyl (C=O) groups excluding carboxylic acids is 1. The summed E-state index contributed by atoms with van der Waals surface area (Å²) < 4.78 is 5.34. The zero-order chi connectivity index (χ0) is 14.5. The Morgan fingerprint density at radius 3 is 3.05 bits per heavy atom. The maximum absolute atomic E-state index is 12.4. The summed E-state index contributed by atoms with van der Waals surface area (Å²) in [7, 11) is 0. The maximum atomic E-state index is 12.4. The van der Waals surface area contributed by atoms with Crippen molar-refractivity contribution in [2.45, 2.75) is 38.3 Å². The maximum Gasteiger partial charge on any atom is 0.224 e. The number of thiazole rings is 1. The number of amides is 1. The molecular weight excluding hydrogens is 286 g/mol. The van der Waals surface area contributed by atoms with Gasteiger partial charge >= 0.3 is 0 Å². The molecule has 2 aliphatic heterocycles. The van der Waals surface area contributed by atoms with Crippen molar-refractivity contribution in [1.29, 1.82) is 0 Å². The lowest BCUT2D eigenvalue weighted by Crippen LogP contribution is -2.47. The molecule has 2 saturated heterocycles. The van der Waals surface area contributed by atoms with E-state index in [1.165, 1.54) is 4.88 Å². The highest BCUT2D eigenvalue weighted by atomic mass is 32.1. The van der Waals surface area contributed by atoms with Crippen LogP contribution in [0.3, 0.4) is 0 Å². The number of hydrogen-bond acceptors (Lipinski definition) is 5. The van der Waals surface area contributed by atoms with Gasteiger partial charge in [0.05, 0.1) is 11.4 Å². The summed E-state index contributed by atoms with van der Waals surface area (Å²) in [6.45, 7) is 4.41. The smallest absolute Gasteiger partial charge is 0.224 e. The minimum atomic E-state index is 0.134. The van der Waals surface area contributed by atoms with E-state index in [0.29, 0.717) is 6.04 Å². The van der Waals surface area contributed by atoms with Crippen molar-refractivity contribution in [1.82, 2.24) is 15.2 Å². The van der Waals surface area contributed by atoms with Gasteiger partial charge in [-0.05, 0) is 32.2 Å². The molecule has 1 aromatic rings. The van der Waals surface area contributed by atoms with Gasteiger partial charge in [-0.3, -0.25) is 14.7 Å². The summed E-state index contributed by atoms with van der Waals surface area (Å²) >= 11 is 1.69. The largest absolute Gasteiger partial charge is 0.381 e. The zero-order valence-corrected chi connectivity index (χ0v) is 13.1. The highest BCUT2D eigenvalue weighted by molar-refractivity contribution is 7.09. The third kappa shape index (κ3) is 4.25. The number of piperidine rings is 1. The summed E-state index contributed by atoms with van der Waals surface area (Å²) in [5.41, 5.74) is 1.87. The average Bonchev–Trinajstić information content (AvgIpc) is 3.01. The quantitative estimate of drug-likeness (QED) is 0.919. The molecule has 1 aromatic heterocycles. The molecule has 21 heavy (non-hydrogen) atoms. The number of ether oxygens (including phenoxy) is 1. The topological polar surface area (TPSA) is 54.5 Å². The first-order valence-corrected chi connectivity index (χ1v) is 8.67. The lowest BCUT2D eigenvalue weighted by Gasteiger charge is -2.33. The molecule has 2 aliphatic rings. The first-order valence-electron chi connectivity index (χ1n) is 7.79. The van der Waals surface area contributed by atoms with Crippen LogP contribution < -0.4 is 5.32 Å². The second-order valence-corrected chi connectivity index (χ2v) is 6.91. The molecule has 0 aliphatic carbocycles. The average molecular weight is 309 g/mol. The Morgan fingerprint density at radius 2 is 2.29 bits per heavy atom. The molecule has 5 nitrogen and oxygen atoms in total. The Labute approximate surface area is 129 Å². The van der Waals surface area contributed by atoms with Gasteiger partial charge in [0, 0.05) is 43.4 Å². The molecule has 0 spiro atoms. The summed E-state index contributed by atoms with van der Waals surface area (Å²) in [5.74, 6) is 0.366. The third-order valence-corrected chi connectivity index (χ3v) is 5.07. The van der Waals surface area contributed by atoms with Crippen LogP contribution in [0.5, 0.6) is 0 Å². The Bertz CT molecular complexity index is 446. The molecule has 1 N–H and O–H groups in total. The van der Waals surface area contributed by atoms with E-state index in [2.05, 4.69) is 15.2 Å². The predicted octanol–water partition coefficient (Wildman–Crippen LogP) is 1.65. The molecular formula is C15H23N3O2S. The molecule has 2 fully saturated rings. The fourth-order valence-corrected chi connectivity index (χ4v) is 3.75. The van der Waals surface area contributed by atoms with E-state index in [0.717, 1.165) is 58.5 Å². The van der Waals surface area contributed by atoms with Crippen molar-refractivity contribution in [3.05, 3.63) is 16.6 Å². The first-order chi connectivity index (χ1) is 10.3. The Balaban J connectivity index is 1.49. The van der Waals surface area contributed by atoms with Crippen LogP contribution in [0.2, 0.25) is 0 Å². The summed E-state index contributed by atoms with van der Waals surface area (Å²) in [4.78, 5) is 20.2. The van der Waals surface area contributed by atoms with Gasteiger partial charge in [-0.2, -0.15) is 0 Å². The van der Waals surface area contributed by atoms with E-state index in [1.54, 1.807) is 11.3 Å². The molecule has 0 bridgehead atoms. The van der Waals surface area contributed by atoms with Crippen LogP contribution in [0.1, 0.15) is 30.6 Å². The Hall–Kier alpha value is -0.980. The van der Waals surface area contributed by atoms with Crippen molar-refractivity contribution in [2.24, 2.45) is 5.92 Å². The summed E-state index contributed by atoms with van der Waals surface area (Å²) in [6.07, 6.45) is 5.93. The molecule has 1 atom stereocenters. The van der Waals surface area contributed by atoms with Crippen LogP contribution in [-0.2, 0) is 16.1 Å². The van der Waals surface area contributed by atoms with E-state index in [-0.39, 0.29) is 11.8 Å². The van der Waals surface area contributed by atoms with Crippen molar-refractivity contribution in [3.63, 3.8) is 0 Å². The van der Waals surface area contributed by atoms with Gasteiger partial charge in [-0.1, -0.05) is 0 Å². The summed E-state index contributed by atoms with van der Waals surface area (Å²) in [5, 5.41) is 3.21. The van der Waals surface area contributed by atoms with E-state index in [1.807, 2.05) is 11.7 Å². The number of hydrogen-bond donors (Lipinski definition) is 1. The SMILES string of the molecule is O=C(NC1CCOCC1)C1CCCN(Cc2cncs2)C1. The molecule has 116 valence electrons. The van der Waals surface area contributed by atoms with E-state index in [4.69, 9.17) is 4.74 Å². The van der Waals surface area contributed by atoms with Crippen molar-refractivity contribution in [3.8, 4) is 0 Å². The van der Waals surface area contributed by atoms with E-state index >= 15 is 0 Å². The number of nitrogens with zero attached hydrogens (tertiary/aromatic N) is 2. The number of aromatic nitrogens is 1. The van der Waals surface area contributed by atoms with E-state index < -0.39 is 0 Å². The monoisotopic (exact) mass is 309 g/mol. The van der Waals surface area contributed by atoms with Crippen LogP contribution in [0.4, 0.5) is 0 Å². The molecule has 0 radical (unpaired) electrons. The summed E-state index contributed by atoms with van der Waals surface area (Å²) in [6, 6.07) is 0.308. The standard InChI is InChI=1S/C15H23N3O2S/c19-15(17-13-3-6-20-7-4-13)12-2-1-5-18(9-12)10-14-8-16-11-21-14/h8,11-13H,1-7,9-10H2,(H,17,19). The van der Waals surface area contributed by atoms with Gasteiger partial charge in [0.2, 0.25) is 5.91 Å². The van der Waals surface area contributed by atoms with Crippen molar-refractivity contribution < 1.29 is 9.53 Å². The third-order valence-electron chi connectivity index (χ3n) is 4.31. The van der Waals surface area contributed by atoms with Crippen LogP contribution >= 0.6 is 11.3 Å². The van der Waals surface area contributed by atoms with Crippen LogP contribution in [0, 0.1) is 5.92 Å². The number of likely N-dealkylation sites (tertiary alicyclic amines) is 1. The second kappa shape index (κ2) is 7.33. The van der Waals surface area contributed by atoms with Crippen molar-refractivity contribution in [2.75, 3.05) is 26.3 Å². The predicted molar refractivity (Wildman–Crippen MR) is 82.1 cm³/mol. The Kier molecular flexibility index (Phi) is 5.22. The molecule has 0 saturated carbocycles. The van der Waals surface area contributed by atoms with Gasteiger partial charge < -0.3 is 10.1 Å². The van der Waals surface area contributed by atoms with Gasteiger partial charge in [0.15, 0.2) is 0 Å². The number of nitrogens with one attached hydrogen (secondary N) is 1. The number of carbonyl (C=O) groups is 1. The fraction of sp³-hybridized carbons (Fsp3) is 0.733. The second-order valence-electron chi connectivity index (χ2n) is 5.94. The lowest BCUT2D eigenvalue weighted by atomic mass is 9.96. The zero-order valence-electron chi connectivity index (χ0n) is 12.3. The molecule has 3 heterocycles. The minimum Gasteiger partial charge on any atom is -0.381 e. The van der Waals surface area contributed by atoms with Gasteiger partial charge in [-0.25, -0.2) is 0 Å². The molecule has 6 heteroatoms. The van der Waals surface area contributed by atoms with Gasteiger partial charge in [0.25, 0.3) is 0 Å². The fourth-order valence-electron chi connectivity index (χ4n) is 3.11. The van der Waals surface area contributed by atoms with E-state index in [9.17, 15) is 4.79 Å².